The first kappa shape index (κ1) is 20.9. The molecule has 150 valence electrons. The topological polar surface area (TPSA) is 58.6 Å². The molecule has 0 radical (unpaired) electrons. The van der Waals surface area contributed by atoms with Crippen LogP contribution in [-0.2, 0) is 11.3 Å². The van der Waals surface area contributed by atoms with E-state index in [0.29, 0.717) is 28.7 Å². The van der Waals surface area contributed by atoms with Crippen molar-refractivity contribution in [2.45, 2.75) is 13.5 Å². The molecule has 5 nitrogen and oxygen atoms in total. The third-order valence-electron chi connectivity index (χ3n) is 4.36. The Morgan fingerprint density at radius 3 is 2.41 bits per heavy atom. The van der Waals surface area contributed by atoms with Crippen molar-refractivity contribution in [1.29, 1.82) is 0 Å². The van der Waals surface area contributed by atoms with Gasteiger partial charge in [-0.1, -0.05) is 54.1 Å². The quantitative estimate of drug-likeness (QED) is 0.496. The van der Waals surface area contributed by atoms with E-state index in [1.54, 1.807) is 23.1 Å². The van der Waals surface area contributed by atoms with Gasteiger partial charge in [-0.2, -0.15) is 0 Å². The smallest absolute Gasteiger partial charge is 0.350 e. The summed E-state index contributed by atoms with van der Waals surface area (Å²) in [6.45, 7) is 2.92. The van der Waals surface area contributed by atoms with Gasteiger partial charge in [0.15, 0.2) is 0 Å². The number of hydrogen-bond donors (Lipinski definition) is 1. The highest BCUT2D eigenvalue weighted by Gasteiger charge is 2.21. The summed E-state index contributed by atoms with van der Waals surface area (Å²) in [7, 11) is 1.32. The summed E-state index contributed by atoms with van der Waals surface area (Å²) >= 11 is 7.23. The maximum atomic E-state index is 12.9. The van der Waals surface area contributed by atoms with Crippen molar-refractivity contribution in [1.82, 2.24) is 4.90 Å². The van der Waals surface area contributed by atoms with Crippen molar-refractivity contribution in [2.75, 3.05) is 19.0 Å². The number of hydrogen-bond acceptors (Lipinski definition) is 4. The van der Waals surface area contributed by atoms with E-state index in [1.807, 2.05) is 49.4 Å². The molecule has 0 aliphatic heterocycles. The van der Waals surface area contributed by atoms with Gasteiger partial charge in [-0.25, -0.2) is 9.59 Å². The van der Waals surface area contributed by atoms with Gasteiger partial charge in [0, 0.05) is 23.0 Å². The SMILES string of the molecule is CCN(Cc1ccccc1)C(=O)Nc1cc(-c2ccc(Cl)cc2)sc1C(=O)OC. The van der Waals surface area contributed by atoms with Gasteiger partial charge in [0.05, 0.1) is 12.8 Å². The first-order chi connectivity index (χ1) is 14.0. The lowest BCUT2D eigenvalue weighted by Gasteiger charge is -2.21. The van der Waals surface area contributed by atoms with E-state index >= 15 is 0 Å². The van der Waals surface area contributed by atoms with Crippen LogP contribution in [-0.4, -0.2) is 30.6 Å². The van der Waals surface area contributed by atoms with Crippen LogP contribution in [0.1, 0.15) is 22.2 Å². The number of rotatable bonds is 6. The number of nitrogens with one attached hydrogen (secondary N) is 1. The average molecular weight is 429 g/mol. The summed E-state index contributed by atoms with van der Waals surface area (Å²) in [5.74, 6) is -0.489. The second-order valence-corrected chi connectivity index (χ2v) is 7.77. The van der Waals surface area contributed by atoms with E-state index in [-0.39, 0.29) is 6.03 Å². The van der Waals surface area contributed by atoms with E-state index in [4.69, 9.17) is 16.3 Å². The number of methoxy groups -OCH3 is 1. The van der Waals surface area contributed by atoms with Crippen molar-refractivity contribution in [3.63, 3.8) is 0 Å². The monoisotopic (exact) mass is 428 g/mol. The predicted octanol–water partition coefficient (Wildman–Crippen LogP) is 5.91. The summed E-state index contributed by atoms with van der Waals surface area (Å²) in [6.07, 6.45) is 0. The normalized spacial score (nSPS) is 10.4. The molecule has 1 heterocycles. The van der Waals surface area contributed by atoms with Crippen LogP contribution in [0.2, 0.25) is 5.02 Å². The molecule has 1 aromatic heterocycles. The van der Waals surface area contributed by atoms with Gasteiger partial charge in [0.25, 0.3) is 0 Å². The van der Waals surface area contributed by atoms with Crippen LogP contribution in [0.25, 0.3) is 10.4 Å². The van der Waals surface area contributed by atoms with Crippen LogP contribution in [0.15, 0.2) is 60.7 Å². The molecule has 0 unspecified atom stereocenters. The molecule has 1 N–H and O–H groups in total. The maximum absolute atomic E-state index is 12.9. The van der Waals surface area contributed by atoms with Gasteiger partial charge in [0.1, 0.15) is 4.88 Å². The minimum atomic E-state index is -0.489. The molecular formula is C22H21ClN2O3S. The molecule has 0 saturated carbocycles. The third kappa shape index (κ3) is 5.16. The van der Waals surface area contributed by atoms with Gasteiger partial charge in [-0.3, -0.25) is 0 Å². The second kappa shape index (κ2) is 9.58. The fraction of sp³-hybridized carbons (Fsp3) is 0.182. The molecule has 7 heteroatoms. The Labute approximate surface area is 178 Å². The Hall–Kier alpha value is -2.83. The van der Waals surface area contributed by atoms with Crippen LogP contribution in [0.5, 0.6) is 0 Å². The molecule has 3 aromatic rings. The van der Waals surface area contributed by atoms with Crippen molar-refractivity contribution < 1.29 is 14.3 Å². The molecule has 29 heavy (non-hydrogen) atoms. The molecule has 0 fully saturated rings. The van der Waals surface area contributed by atoms with Crippen LogP contribution < -0.4 is 5.32 Å². The molecule has 0 aliphatic carbocycles. The highest BCUT2D eigenvalue weighted by Crippen LogP contribution is 2.36. The van der Waals surface area contributed by atoms with Crippen molar-refractivity contribution >= 4 is 40.6 Å². The summed E-state index contributed by atoms with van der Waals surface area (Å²) in [5, 5.41) is 3.50. The maximum Gasteiger partial charge on any atom is 0.350 e. The number of carbonyl (C=O) groups is 2. The van der Waals surface area contributed by atoms with Gasteiger partial charge in [-0.05, 0) is 36.2 Å². The highest BCUT2D eigenvalue weighted by atomic mass is 35.5. The number of anilines is 1. The zero-order valence-corrected chi connectivity index (χ0v) is 17.7. The number of benzene rings is 2. The third-order valence-corrected chi connectivity index (χ3v) is 5.77. The lowest BCUT2D eigenvalue weighted by molar-refractivity contribution is 0.0607. The molecule has 0 atom stereocenters. The lowest BCUT2D eigenvalue weighted by atomic mass is 10.2. The summed E-state index contributed by atoms with van der Waals surface area (Å²) in [5.41, 5.74) is 2.37. The molecule has 2 aromatic carbocycles. The minimum Gasteiger partial charge on any atom is -0.465 e. The van der Waals surface area contributed by atoms with Crippen molar-refractivity contribution in [3.05, 3.63) is 76.1 Å². The highest BCUT2D eigenvalue weighted by molar-refractivity contribution is 7.18. The lowest BCUT2D eigenvalue weighted by Crippen LogP contribution is -2.34. The molecule has 2 amide bonds. The van der Waals surface area contributed by atoms with Crippen molar-refractivity contribution in [3.8, 4) is 10.4 Å². The number of urea groups is 1. The Morgan fingerprint density at radius 1 is 1.10 bits per heavy atom. The summed E-state index contributed by atoms with van der Waals surface area (Å²) in [4.78, 5) is 28.0. The first-order valence-electron chi connectivity index (χ1n) is 9.09. The average Bonchev–Trinajstić information content (AvgIpc) is 3.16. The predicted molar refractivity (Wildman–Crippen MR) is 118 cm³/mol. The van der Waals surface area contributed by atoms with E-state index in [1.165, 1.54) is 18.4 Å². The first-order valence-corrected chi connectivity index (χ1v) is 10.3. The number of halogens is 1. The Morgan fingerprint density at radius 2 is 1.79 bits per heavy atom. The minimum absolute atomic E-state index is 0.276. The molecule has 0 bridgehead atoms. The van der Waals surface area contributed by atoms with Gasteiger partial charge < -0.3 is 15.0 Å². The van der Waals surface area contributed by atoms with Crippen LogP contribution in [0.3, 0.4) is 0 Å². The molecule has 0 saturated heterocycles. The van der Waals surface area contributed by atoms with Crippen LogP contribution in [0, 0.1) is 0 Å². The fourth-order valence-corrected chi connectivity index (χ4v) is 3.97. The summed E-state index contributed by atoms with van der Waals surface area (Å²) < 4.78 is 4.89. The van der Waals surface area contributed by atoms with Gasteiger partial charge in [-0.15, -0.1) is 11.3 Å². The van der Waals surface area contributed by atoms with E-state index in [2.05, 4.69) is 5.32 Å². The number of ether oxygens (including phenoxy) is 1. The Balaban J connectivity index is 1.85. The molecular weight excluding hydrogens is 408 g/mol. The fourth-order valence-electron chi connectivity index (χ4n) is 2.81. The molecule has 3 rings (SSSR count). The van der Waals surface area contributed by atoms with Crippen LogP contribution >= 0.6 is 22.9 Å². The van der Waals surface area contributed by atoms with Gasteiger partial charge >= 0.3 is 12.0 Å². The summed E-state index contributed by atoms with van der Waals surface area (Å²) in [6, 6.07) is 18.6. The zero-order valence-electron chi connectivity index (χ0n) is 16.1. The number of thiophene rings is 1. The Bertz CT molecular complexity index is 987. The molecule has 0 spiro atoms. The Kier molecular flexibility index (Phi) is 6.90. The number of carbonyl (C=O) groups excluding carboxylic acids is 2. The second-order valence-electron chi connectivity index (χ2n) is 6.28. The standard InChI is InChI=1S/C22H21ClN2O3S/c1-3-25(14-15-7-5-4-6-8-15)22(27)24-18-13-19(29-20(18)21(26)28-2)16-9-11-17(23)12-10-16/h4-13H,3,14H2,1-2H3,(H,24,27). The van der Waals surface area contributed by atoms with E-state index in [9.17, 15) is 9.59 Å². The van der Waals surface area contributed by atoms with Crippen LogP contribution in [0.4, 0.5) is 10.5 Å². The number of esters is 1. The van der Waals surface area contributed by atoms with E-state index < -0.39 is 5.97 Å². The number of amides is 2. The van der Waals surface area contributed by atoms with Gasteiger partial charge in [0.2, 0.25) is 0 Å². The zero-order chi connectivity index (χ0) is 20.8. The van der Waals surface area contributed by atoms with E-state index in [0.717, 1.165) is 16.0 Å². The molecule has 0 aliphatic rings. The largest absolute Gasteiger partial charge is 0.465 e. The number of nitrogens with zero attached hydrogens (tertiary/aromatic N) is 1. The van der Waals surface area contributed by atoms with Crippen molar-refractivity contribution in [2.24, 2.45) is 0 Å².